The van der Waals surface area contributed by atoms with E-state index in [9.17, 15) is 4.79 Å². The number of ether oxygens (including phenoxy) is 2. The highest BCUT2D eigenvalue weighted by Crippen LogP contribution is 2.15. The van der Waals surface area contributed by atoms with Gasteiger partial charge < -0.3 is 15.2 Å². The molecule has 1 aliphatic rings. The highest BCUT2D eigenvalue weighted by Gasteiger charge is 2.22. The van der Waals surface area contributed by atoms with Gasteiger partial charge in [-0.3, -0.25) is 4.79 Å². The van der Waals surface area contributed by atoms with Crippen LogP contribution < -0.4 is 5.73 Å². The molecule has 0 spiro atoms. The number of carbonyl (C=O) groups excluding carboxylic acids is 1. The zero-order valence-electron chi connectivity index (χ0n) is 10.3. The fourth-order valence-electron chi connectivity index (χ4n) is 1.70. The lowest BCUT2D eigenvalue weighted by Crippen LogP contribution is -2.39. The molecule has 0 radical (unpaired) electrons. The second kappa shape index (κ2) is 6.86. The smallest absolute Gasteiger partial charge is 0.323 e. The zero-order chi connectivity index (χ0) is 12.0. The molecule has 1 unspecified atom stereocenters. The van der Waals surface area contributed by atoms with Gasteiger partial charge in [-0.25, -0.2) is 0 Å². The lowest BCUT2D eigenvalue weighted by Gasteiger charge is -2.23. The molecule has 0 aromatic carbocycles. The van der Waals surface area contributed by atoms with Crippen LogP contribution in [-0.2, 0) is 14.3 Å². The van der Waals surface area contributed by atoms with Crippen molar-refractivity contribution in [1.29, 1.82) is 0 Å². The fraction of sp³-hybridized carbons (Fsp3) is 0.917. The van der Waals surface area contributed by atoms with E-state index in [-0.39, 0.29) is 11.9 Å². The van der Waals surface area contributed by atoms with E-state index in [2.05, 4.69) is 0 Å². The van der Waals surface area contributed by atoms with Crippen LogP contribution >= 0.6 is 0 Å². The monoisotopic (exact) mass is 229 g/mol. The summed E-state index contributed by atoms with van der Waals surface area (Å²) in [6, 6.07) is -0.482. The molecule has 0 bridgehead atoms. The molecule has 0 aromatic heterocycles. The van der Waals surface area contributed by atoms with Crippen LogP contribution in [0.25, 0.3) is 0 Å². The quantitative estimate of drug-likeness (QED) is 0.722. The minimum Gasteiger partial charge on any atom is -0.464 e. The molecule has 16 heavy (non-hydrogen) atoms. The van der Waals surface area contributed by atoms with Crippen LogP contribution in [0.5, 0.6) is 0 Å². The molecule has 0 aromatic rings. The summed E-state index contributed by atoms with van der Waals surface area (Å²) in [6.45, 7) is 6.04. The Balaban J connectivity index is 2.23. The molecular weight excluding hydrogens is 206 g/mol. The van der Waals surface area contributed by atoms with Gasteiger partial charge in [-0.1, -0.05) is 20.3 Å². The Morgan fingerprint density at radius 1 is 1.50 bits per heavy atom. The molecule has 2 N–H and O–H groups in total. The molecule has 1 saturated heterocycles. The first-order valence-electron chi connectivity index (χ1n) is 6.15. The van der Waals surface area contributed by atoms with Crippen molar-refractivity contribution in [2.75, 3.05) is 19.8 Å². The summed E-state index contributed by atoms with van der Waals surface area (Å²) in [6.07, 6.45) is 2.85. The molecule has 1 fully saturated rings. The summed E-state index contributed by atoms with van der Waals surface area (Å²) in [5, 5.41) is 0. The first-order valence-corrected chi connectivity index (χ1v) is 6.15. The van der Waals surface area contributed by atoms with E-state index >= 15 is 0 Å². The molecule has 2 atom stereocenters. The van der Waals surface area contributed by atoms with Gasteiger partial charge in [-0.05, 0) is 24.7 Å². The predicted octanol–water partition coefficient (Wildman–Crippen LogP) is 1.33. The Morgan fingerprint density at radius 3 is 2.69 bits per heavy atom. The first-order chi connectivity index (χ1) is 7.65. The van der Waals surface area contributed by atoms with Crippen LogP contribution in [0, 0.1) is 11.8 Å². The zero-order valence-corrected chi connectivity index (χ0v) is 10.3. The Bertz CT molecular complexity index is 214. The van der Waals surface area contributed by atoms with Gasteiger partial charge in [0.2, 0.25) is 0 Å². The molecule has 1 aliphatic heterocycles. The number of nitrogens with two attached hydrogens (primary N) is 1. The Morgan fingerprint density at radius 2 is 2.12 bits per heavy atom. The Labute approximate surface area is 97.5 Å². The maximum atomic E-state index is 11.6. The highest BCUT2D eigenvalue weighted by molar-refractivity contribution is 5.75. The standard InChI is InChI=1S/C12H23NO3/c1-3-9(2)11(13)12(14)16-8-10-4-6-15-7-5-10/h9-11H,3-8,13H2,1-2H3/t9?,11-/m0/s1. The van der Waals surface area contributed by atoms with E-state index in [4.69, 9.17) is 15.2 Å². The SMILES string of the molecule is CCC(C)[C@H](N)C(=O)OCC1CCOCC1. The highest BCUT2D eigenvalue weighted by atomic mass is 16.5. The minimum atomic E-state index is -0.482. The van der Waals surface area contributed by atoms with Gasteiger partial charge in [-0.15, -0.1) is 0 Å². The van der Waals surface area contributed by atoms with Crippen molar-refractivity contribution < 1.29 is 14.3 Å². The van der Waals surface area contributed by atoms with Gasteiger partial charge in [0.05, 0.1) is 6.61 Å². The van der Waals surface area contributed by atoms with Crippen LogP contribution in [0.4, 0.5) is 0 Å². The van der Waals surface area contributed by atoms with E-state index in [0.717, 1.165) is 32.5 Å². The van der Waals surface area contributed by atoms with Gasteiger partial charge in [-0.2, -0.15) is 0 Å². The lowest BCUT2D eigenvalue weighted by atomic mass is 10.00. The Kier molecular flexibility index (Phi) is 5.77. The van der Waals surface area contributed by atoms with E-state index in [1.165, 1.54) is 0 Å². The topological polar surface area (TPSA) is 61.6 Å². The van der Waals surface area contributed by atoms with Crippen LogP contribution in [0.2, 0.25) is 0 Å². The largest absolute Gasteiger partial charge is 0.464 e. The summed E-state index contributed by atoms with van der Waals surface area (Å²) < 4.78 is 10.5. The van der Waals surface area contributed by atoms with Gasteiger partial charge >= 0.3 is 5.97 Å². The van der Waals surface area contributed by atoms with Gasteiger partial charge in [0.25, 0.3) is 0 Å². The van der Waals surface area contributed by atoms with Crippen LogP contribution in [0.1, 0.15) is 33.1 Å². The van der Waals surface area contributed by atoms with Crippen LogP contribution in [0.3, 0.4) is 0 Å². The van der Waals surface area contributed by atoms with Crippen LogP contribution in [-0.4, -0.2) is 31.8 Å². The summed E-state index contributed by atoms with van der Waals surface area (Å²) in [5.74, 6) is 0.366. The second-order valence-corrected chi connectivity index (χ2v) is 4.60. The van der Waals surface area contributed by atoms with E-state index in [1.807, 2.05) is 13.8 Å². The van der Waals surface area contributed by atoms with Crippen molar-refractivity contribution in [1.82, 2.24) is 0 Å². The van der Waals surface area contributed by atoms with Crippen molar-refractivity contribution in [3.63, 3.8) is 0 Å². The summed E-state index contributed by atoms with van der Waals surface area (Å²) in [5.41, 5.74) is 5.79. The summed E-state index contributed by atoms with van der Waals surface area (Å²) >= 11 is 0. The van der Waals surface area contributed by atoms with Gasteiger partial charge in [0, 0.05) is 13.2 Å². The molecule has 0 aliphatic carbocycles. The number of esters is 1. The van der Waals surface area contributed by atoms with Gasteiger partial charge in [0.15, 0.2) is 0 Å². The third kappa shape index (κ3) is 4.10. The average Bonchev–Trinajstić information content (AvgIpc) is 2.35. The van der Waals surface area contributed by atoms with Crippen molar-refractivity contribution in [3.05, 3.63) is 0 Å². The van der Waals surface area contributed by atoms with Crippen molar-refractivity contribution >= 4 is 5.97 Å². The Hall–Kier alpha value is -0.610. The van der Waals surface area contributed by atoms with Gasteiger partial charge in [0.1, 0.15) is 6.04 Å². The lowest BCUT2D eigenvalue weighted by molar-refractivity contribution is -0.148. The molecule has 0 amide bonds. The fourth-order valence-corrected chi connectivity index (χ4v) is 1.70. The third-order valence-electron chi connectivity index (χ3n) is 3.33. The number of hydrogen-bond donors (Lipinski definition) is 1. The maximum Gasteiger partial charge on any atom is 0.323 e. The third-order valence-corrected chi connectivity index (χ3v) is 3.33. The van der Waals surface area contributed by atoms with E-state index in [1.54, 1.807) is 0 Å². The molecule has 94 valence electrons. The van der Waals surface area contributed by atoms with E-state index < -0.39 is 6.04 Å². The van der Waals surface area contributed by atoms with Crippen molar-refractivity contribution in [2.24, 2.45) is 17.6 Å². The minimum absolute atomic E-state index is 0.183. The van der Waals surface area contributed by atoms with Crippen LogP contribution in [0.15, 0.2) is 0 Å². The molecule has 1 heterocycles. The summed E-state index contributed by atoms with van der Waals surface area (Å²) in [4.78, 5) is 11.6. The maximum absolute atomic E-state index is 11.6. The number of carbonyl (C=O) groups is 1. The number of hydrogen-bond acceptors (Lipinski definition) is 4. The normalized spacial score (nSPS) is 21.4. The molecule has 4 heteroatoms. The average molecular weight is 229 g/mol. The van der Waals surface area contributed by atoms with Crippen molar-refractivity contribution in [3.8, 4) is 0 Å². The predicted molar refractivity (Wildman–Crippen MR) is 61.9 cm³/mol. The molecule has 4 nitrogen and oxygen atoms in total. The second-order valence-electron chi connectivity index (χ2n) is 4.60. The number of rotatable bonds is 5. The molecular formula is C12H23NO3. The summed E-state index contributed by atoms with van der Waals surface area (Å²) in [7, 11) is 0. The first kappa shape index (κ1) is 13.5. The van der Waals surface area contributed by atoms with Crippen molar-refractivity contribution in [2.45, 2.75) is 39.2 Å². The van der Waals surface area contributed by atoms with E-state index in [0.29, 0.717) is 12.5 Å². The molecule has 0 saturated carbocycles. The molecule has 1 rings (SSSR count).